The Morgan fingerprint density at radius 1 is 1.13 bits per heavy atom. The lowest BCUT2D eigenvalue weighted by atomic mass is 10.2. The summed E-state index contributed by atoms with van der Waals surface area (Å²) in [5, 5.41) is 1.64. The second-order valence-electron chi connectivity index (χ2n) is 4.73. The van der Waals surface area contributed by atoms with Crippen molar-refractivity contribution >= 4 is 17.5 Å². The van der Waals surface area contributed by atoms with Gasteiger partial charge in [0.15, 0.2) is 5.82 Å². The van der Waals surface area contributed by atoms with Gasteiger partial charge in [-0.25, -0.2) is 25.2 Å². The number of pyridine rings is 1. The van der Waals surface area contributed by atoms with Crippen LogP contribution < -0.4 is 16.5 Å². The second-order valence-corrected chi connectivity index (χ2v) is 5.14. The van der Waals surface area contributed by atoms with Crippen LogP contribution in [0.15, 0.2) is 59.8 Å². The van der Waals surface area contributed by atoms with Gasteiger partial charge in [0.25, 0.3) is 0 Å². The Kier molecular flexibility index (Phi) is 4.31. The molecular formula is C15H13ClN6O. The van der Waals surface area contributed by atoms with Crippen LogP contribution in [0.3, 0.4) is 0 Å². The average molecular weight is 329 g/mol. The van der Waals surface area contributed by atoms with Crippen LogP contribution in [0.1, 0.15) is 5.56 Å². The maximum Gasteiger partial charge on any atom is 0.357 e. The van der Waals surface area contributed by atoms with Gasteiger partial charge in [0.05, 0.1) is 11.6 Å². The number of aromatic nitrogens is 4. The Morgan fingerprint density at radius 2 is 1.91 bits per heavy atom. The van der Waals surface area contributed by atoms with Crippen molar-refractivity contribution in [2.75, 3.05) is 5.01 Å². The van der Waals surface area contributed by atoms with E-state index in [1.807, 2.05) is 30.3 Å². The van der Waals surface area contributed by atoms with Gasteiger partial charge in [0.2, 0.25) is 5.95 Å². The molecule has 2 heterocycles. The van der Waals surface area contributed by atoms with Gasteiger partial charge < -0.3 is 0 Å². The van der Waals surface area contributed by atoms with Crippen molar-refractivity contribution in [2.24, 2.45) is 5.84 Å². The van der Waals surface area contributed by atoms with E-state index in [9.17, 15) is 4.79 Å². The number of rotatable bonds is 4. The highest BCUT2D eigenvalue weighted by Gasteiger charge is 2.11. The number of benzene rings is 1. The molecule has 1 aromatic carbocycles. The van der Waals surface area contributed by atoms with E-state index in [0.717, 1.165) is 5.56 Å². The Bertz CT molecular complexity index is 867. The summed E-state index contributed by atoms with van der Waals surface area (Å²) in [6.07, 6.45) is 2.84. The summed E-state index contributed by atoms with van der Waals surface area (Å²) in [4.78, 5) is 24.2. The monoisotopic (exact) mass is 328 g/mol. The average Bonchev–Trinajstić information content (AvgIpc) is 2.56. The van der Waals surface area contributed by atoms with Crippen molar-refractivity contribution < 1.29 is 0 Å². The van der Waals surface area contributed by atoms with E-state index in [-0.39, 0.29) is 11.8 Å². The van der Waals surface area contributed by atoms with Crippen LogP contribution >= 0.6 is 11.6 Å². The fraction of sp³-hybridized carbons (Fsp3) is 0.0667. The minimum atomic E-state index is -0.556. The summed E-state index contributed by atoms with van der Waals surface area (Å²) < 4.78 is 1.17. The van der Waals surface area contributed by atoms with Gasteiger partial charge in [-0.3, -0.25) is 5.01 Å². The van der Waals surface area contributed by atoms with Crippen molar-refractivity contribution in [3.63, 3.8) is 0 Å². The SMILES string of the molecule is NN(Cc1ccccc1)c1ncn(-c2ncccc2Cl)c(=O)n1. The molecular weight excluding hydrogens is 316 g/mol. The quantitative estimate of drug-likeness (QED) is 0.577. The van der Waals surface area contributed by atoms with Crippen LogP contribution in [0.2, 0.25) is 5.02 Å². The van der Waals surface area contributed by atoms with Crippen molar-refractivity contribution in [3.8, 4) is 5.82 Å². The zero-order valence-electron chi connectivity index (χ0n) is 12.0. The minimum Gasteiger partial charge on any atom is -0.274 e. The third kappa shape index (κ3) is 3.36. The van der Waals surface area contributed by atoms with Crippen LogP contribution in [0.4, 0.5) is 5.95 Å². The number of halogens is 1. The van der Waals surface area contributed by atoms with E-state index in [4.69, 9.17) is 17.4 Å². The molecule has 0 saturated heterocycles. The van der Waals surface area contributed by atoms with Crippen LogP contribution in [-0.2, 0) is 6.54 Å². The first-order valence-corrected chi connectivity index (χ1v) is 7.15. The predicted octanol–water partition coefficient (Wildman–Crippen LogP) is 1.56. The molecule has 2 N–H and O–H groups in total. The highest BCUT2D eigenvalue weighted by Crippen LogP contribution is 2.15. The topological polar surface area (TPSA) is 89.9 Å². The molecule has 23 heavy (non-hydrogen) atoms. The summed E-state index contributed by atoms with van der Waals surface area (Å²) >= 11 is 6.03. The third-order valence-electron chi connectivity index (χ3n) is 3.11. The van der Waals surface area contributed by atoms with E-state index in [0.29, 0.717) is 11.6 Å². The zero-order chi connectivity index (χ0) is 16.2. The van der Waals surface area contributed by atoms with E-state index >= 15 is 0 Å². The molecule has 7 nitrogen and oxygen atoms in total. The number of hydrazine groups is 1. The normalized spacial score (nSPS) is 10.5. The first-order valence-electron chi connectivity index (χ1n) is 6.78. The summed E-state index contributed by atoms with van der Waals surface area (Å²) in [6.45, 7) is 0.384. The maximum absolute atomic E-state index is 12.2. The highest BCUT2D eigenvalue weighted by atomic mass is 35.5. The molecule has 0 bridgehead atoms. The van der Waals surface area contributed by atoms with E-state index in [1.54, 1.807) is 12.1 Å². The number of anilines is 1. The number of nitrogens with zero attached hydrogens (tertiary/aromatic N) is 5. The van der Waals surface area contributed by atoms with E-state index < -0.39 is 5.69 Å². The van der Waals surface area contributed by atoms with Crippen molar-refractivity contribution in [3.05, 3.63) is 76.1 Å². The minimum absolute atomic E-state index is 0.127. The maximum atomic E-state index is 12.2. The second kappa shape index (κ2) is 6.55. The molecule has 2 aromatic heterocycles. The van der Waals surface area contributed by atoms with Crippen molar-refractivity contribution in [1.82, 2.24) is 19.5 Å². The molecule has 8 heteroatoms. The highest BCUT2D eigenvalue weighted by molar-refractivity contribution is 6.32. The molecule has 0 saturated carbocycles. The Hall–Kier alpha value is -2.77. The first kappa shape index (κ1) is 15.1. The molecule has 0 amide bonds. The number of hydrogen-bond donors (Lipinski definition) is 1. The molecule has 0 atom stereocenters. The fourth-order valence-corrected chi connectivity index (χ4v) is 2.23. The van der Waals surface area contributed by atoms with Crippen molar-refractivity contribution in [1.29, 1.82) is 0 Å². The van der Waals surface area contributed by atoms with Gasteiger partial charge in [-0.1, -0.05) is 41.9 Å². The lowest BCUT2D eigenvalue weighted by Crippen LogP contribution is -2.35. The van der Waals surface area contributed by atoms with Gasteiger partial charge >= 0.3 is 5.69 Å². The summed E-state index contributed by atoms with van der Waals surface area (Å²) in [5.74, 6) is 6.34. The molecule has 0 aliphatic rings. The molecule has 3 rings (SSSR count). The lowest BCUT2D eigenvalue weighted by Gasteiger charge is -2.16. The lowest BCUT2D eigenvalue weighted by molar-refractivity contribution is 0.758. The third-order valence-corrected chi connectivity index (χ3v) is 3.41. The first-order chi connectivity index (χ1) is 11.1. The zero-order valence-corrected chi connectivity index (χ0v) is 12.8. The van der Waals surface area contributed by atoms with Crippen LogP contribution in [-0.4, -0.2) is 19.5 Å². The molecule has 0 aliphatic heterocycles. The van der Waals surface area contributed by atoms with Crippen molar-refractivity contribution in [2.45, 2.75) is 6.54 Å². The van der Waals surface area contributed by atoms with E-state index in [1.165, 1.54) is 22.1 Å². The molecule has 0 aliphatic carbocycles. The summed E-state index contributed by atoms with van der Waals surface area (Å²) in [6, 6.07) is 12.9. The van der Waals surface area contributed by atoms with Crippen LogP contribution in [0, 0.1) is 0 Å². The summed E-state index contributed by atoms with van der Waals surface area (Å²) in [7, 11) is 0. The molecule has 0 unspecified atom stereocenters. The molecule has 0 radical (unpaired) electrons. The smallest absolute Gasteiger partial charge is 0.274 e. The summed E-state index contributed by atoms with van der Waals surface area (Å²) in [5.41, 5.74) is 0.426. The molecule has 0 fully saturated rings. The largest absolute Gasteiger partial charge is 0.357 e. The van der Waals surface area contributed by atoms with Crippen LogP contribution in [0.5, 0.6) is 0 Å². The van der Waals surface area contributed by atoms with Gasteiger partial charge in [-0.15, -0.1) is 0 Å². The van der Waals surface area contributed by atoms with Gasteiger partial charge in [-0.2, -0.15) is 4.98 Å². The standard InChI is InChI=1S/C15H13ClN6O/c16-12-7-4-8-18-13(12)21-10-19-14(20-15(21)23)22(17)9-11-5-2-1-3-6-11/h1-8,10H,9,17H2. The predicted molar refractivity (Wildman–Crippen MR) is 87.2 cm³/mol. The van der Waals surface area contributed by atoms with Gasteiger partial charge in [0, 0.05) is 6.20 Å². The molecule has 0 spiro atoms. The fourth-order valence-electron chi connectivity index (χ4n) is 2.02. The number of nitrogens with two attached hydrogens (primary N) is 1. The van der Waals surface area contributed by atoms with E-state index in [2.05, 4.69) is 15.0 Å². The van der Waals surface area contributed by atoms with Crippen LogP contribution in [0.25, 0.3) is 5.82 Å². The van der Waals surface area contributed by atoms with Gasteiger partial charge in [-0.05, 0) is 17.7 Å². The molecule has 3 aromatic rings. The molecule has 116 valence electrons. The Balaban J connectivity index is 1.88. The van der Waals surface area contributed by atoms with Gasteiger partial charge in [0.1, 0.15) is 6.33 Å². The number of hydrogen-bond acceptors (Lipinski definition) is 6. The Labute approximate surface area is 137 Å². The Morgan fingerprint density at radius 3 is 2.61 bits per heavy atom.